The second kappa shape index (κ2) is 6.97. The van der Waals surface area contributed by atoms with Crippen LogP contribution < -0.4 is 5.32 Å². The van der Waals surface area contributed by atoms with E-state index >= 15 is 0 Å². The van der Waals surface area contributed by atoms with Crippen LogP contribution >= 0.6 is 11.8 Å². The molecular weight excluding hydrogens is 256 g/mol. The molecule has 0 saturated heterocycles. The molecule has 1 unspecified atom stereocenters. The fourth-order valence-corrected chi connectivity index (χ4v) is 2.44. The highest BCUT2D eigenvalue weighted by Crippen LogP contribution is 2.28. The number of thioether (sulfide) groups is 1. The zero-order chi connectivity index (χ0) is 13.5. The SMILES string of the molecule is CCNC(CSc1ccccc1[N+](=O)[O-])C(=O)O. The molecule has 0 saturated carbocycles. The maximum absolute atomic E-state index is 10.9. The standard InChI is InChI=1S/C11H14N2O4S/c1-2-12-8(11(14)15)7-18-10-6-4-3-5-9(10)13(16)17/h3-6,8,12H,2,7H2,1H3,(H,14,15). The van der Waals surface area contributed by atoms with Crippen LogP contribution in [0, 0.1) is 10.1 Å². The summed E-state index contributed by atoms with van der Waals surface area (Å²) in [4.78, 5) is 21.7. The molecule has 0 spiro atoms. The van der Waals surface area contributed by atoms with E-state index in [4.69, 9.17) is 5.11 Å². The minimum atomic E-state index is -0.956. The number of para-hydroxylation sites is 1. The predicted octanol–water partition coefficient (Wildman–Crippen LogP) is 1.75. The Labute approximate surface area is 109 Å². The zero-order valence-corrected chi connectivity index (χ0v) is 10.6. The first-order chi connectivity index (χ1) is 8.56. The fraction of sp³-hybridized carbons (Fsp3) is 0.364. The molecule has 0 aliphatic rings. The number of hydrogen-bond acceptors (Lipinski definition) is 5. The van der Waals surface area contributed by atoms with Crippen molar-refractivity contribution < 1.29 is 14.8 Å². The van der Waals surface area contributed by atoms with Gasteiger partial charge in [-0.05, 0) is 12.6 Å². The van der Waals surface area contributed by atoms with Gasteiger partial charge in [-0.3, -0.25) is 14.9 Å². The Hall–Kier alpha value is -1.60. The number of benzene rings is 1. The summed E-state index contributed by atoms with van der Waals surface area (Å²) in [7, 11) is 0. The van der Waals surface area contributed by atoms with Crippen molar-refractivity contribution in [3.63, 3.8) is 0 Å². The largest absolute Gasteiger partial charge is 0.480 e. The lowest BCUT2D eigenvalue weighted by molar-refractivity contribution is -0.387. The van der Waals surface area contributed by atoms with Gasteiger partial charge in [0.25, 0.3) is 5.69 Å². The summed E-state index contributed by atoms with van der Waals surface area (Å²) in [5, 5.41) is 22.5. The van der Waals surface area contributed by atoms with E-state index in [1.165, 1.54) is 17.8 Å². The third-order valence-corrected chi connectivity index (χ3v) is 3.37. The van der Waals surface area contributed by atoms with Gasteiger partial charge < -0.3 is 10.4 Å². The van der Waals surface area contributed by atoms with Crippen LogP contribution in [0.5, 0.6) is 0 Å². The molecule has 1 atom stereocenters. The zero-order valence-electron chi connectivity index (χ0n) is 9.83. The van der Waals surface area contributed by atoms with Gasteiger partial charge in [-0.1, -0.05) is 19.1 Å². The van der Waals surface area contributed by atoms with Crippen LogP contribution in [-0.4, -0.2) is 34.3 Å². The molecule has 1 aromatic rings. The minimum absolute atomic E-state index is 0.00290. The number of aliphatic carboxylic acids is 1. The van der Waals surface area contributed by atoms with Crippen LogP contribution in [0.1, 0.15) is 6.92 Å². The molecule has 0 fully saturated rings. The Balaban J connectivity index is 2.73. The first kappa shape index (κ1) is 14.5. The highest BCUT2D eigenvalue weighted by atomic mass is 32.2. The maximum atomic E-state index is 10.9. The quantitative estimate of drug-likeness (QED) is 0.445. The number of nitro benzene ring substituents is 1. The van der Waals surface area contributed by atoms with Crippen LogP contribution in [-0.2, 0) is 4.79 Å². The normalized spacial score (nSPS) is 12.1. The predicted molar refractivity (Wildman–Crippen MR) is 68.9 cm³/mol. The molecule has 2 N–H and O–H groups in total. The van der Waals surface area contributed by atoms with Gasteiger partial charge >= 0.3 is 5.97 Å². The number of rotatable bonds is 7. The van der Waals surface area contributed by atoms with Gasteiger partial charge in [0.15, 0.2) is 0 Å². The van der Waals surface area contributed by atoms with Crippen LogP contribution in [0.2, 0.25) is 0 Å². The van der Waals surface area contributed by atoms with E-state index in [2.05, 4.69) is 5.32 Å². The molecule has 0 aliphatic carbocycles. The summed E-state index contributed by atoms with van der Waals surface area (Å²) in [5.41, 5.74) is 0.00290. The number of nitrogens with zero attached hydrogens (tertiary/aromatic N) is 1. The average molecular weight is 270 g/mol. The van der Waals surface area contributed by atoms with Crippen LogP contribution in [0.25, 0.3) is 0 Å². The average Bonchev–Trinajstić information content (AvgIpc) is 2.34. The van der Waals surface area contributed by atoms with E-state index in [0.717, 1.165) is 0 Å². The van der Waals surface area contributed by atoms with Gasteiger partial charge in [0.1, 0.15) is 6.04 Å². The lowest BCUT2D eigenvalue weighted by Crippen LogP contribution is -2.38. The monoisotopic (exact) mass is 270 g/mol. The lowest BCUT2D eigenvalue weighted by Gasteiger charge is -2.12. The Kier molecular flexibility index (Phi) is 5.60. The van der Waals surface area contributed by atoms with Gasteiger partial charge in [-0.2, -0.15) is 0 Å². The minimum Gasteiger partial charge on any atom is -0.480 e. The molecule has 7 heteroatoms. The Morgan fingerprint density at radius 1 is 1.56 bits per heavy atom. The van der Waals surface area contributed by atoms with E-state index in [1.54, 1.807) is 18.2 Å². The molecule has 0 amide bonds. The third kappa shape index (κ3) is 4.01. The Bertz CT molecular complexity index is 439. The summed E-state index contributed by atoms with van der Waals surface area (Å²) in [6.07, 6.45) is 0. The molecule has 1 aromatic carbocycles. The number of carbonyl (C=O) groups is 1. The summed E-state index contributed by atoms with van der Waals surface area (Å²) < 4.78 is 0. The van der Waals surface area contributed by atoms with Gasteiger partial charge in [0.2, 0.25) is 0 Å². The van der Waals surface area contributed by atoms with Crippen LogP contribution in [0.4, 0.5) is 5.69 Å². The molecule has 0 bridgehead atoms. The maximum Gasteiger partial charge on any atom is 0.321 e. The van der Waals surface area contributed by atoms with Crippen molar-refractivity contribution in [1.29, 1.82) is 0 Å². The van der Waals surface area contributed by atoms with Gasteiger partial charge in [0, 0.05) is 11.8 Å². The topological polar surface area (TPSA) is 92.5 Å². The molecule has 6 nitrogen and oxygen atoms in total. The Morgan fingerprint density at radius 3 is 2.78 bits per heavy atom. The number of carboxylic acid groups (broad SMARTS) is 1. The third-order valence-electron chi connectivity index (χ3n) is 2.22. The smallest absolute Gasteiger partial charge is 0.321 e. The van der Waals surface area contributed by atoms with Crippen molar-refractivity contribution in [2.45, 2.75) is 17.9 Å². The van der Waals surface area contributed by atoms with Crippen molar-refractivity contribution in [3.8, 4) is 0 Å². The first-order valence-electron chi connectivity index (χ1n) is 5.38. The Morgan fingerprint density at radius 2 is 2.22 bits per heavy atom. The molecule has 0 aromatic heterocycles. The van der Waals surface area contributed by atoms with Crippen molar-refractivity contribution in [1.82, 2.24) is 5.32 Å². The van der Waals surface area contributed by atoms with E-state index < -0.39 is 16.9 Å². The fourth-order valence-electron chi connectivity index (χ4n) is 1.37. The number of likely N-dealkylation sites (N-methyl/N-ethyl adjacent to an activating group) is 1. The molecule has 0 heterocycles. The molecular formula is C11H14N2O4S. The molecule has 18 heavy (non-hydrogen) atoms. The highest BCUT2D eigenvalue weighted by Gasteiger charge is 2.19. The second-order valence-corrected chi connectivity index (χ2v) is 4.55. The summed E-state index contributed by atoms with van der Waals surface area (Å²) in [5.74, 6) is -0.712. The number of hydrogen-bond donors (Lipinski definition) is 2. The van der Waals surface area contributed by atoms with Gasteiger partial charge in [-0.15, -0.1) is 11.8 Å². The van der Waals surface area contributed by atoms with Crippen molar-refractivity contribution in [2.24, 2.45) is 0 Å². The summed E-state index contributed by atoms with van der Waals surface area (Å²) >= 11 is 1.17. The van der Waals surface area contributed by atoms with Crippen molar-refractivity contribution in [3.05, 3.63) is 34.4 Å². The lowest BCUT2D eigenvalue weighted by atomic mass is 10.3. The van der Waals surface area contributed by atoms with Gasteiger partial charge in [0.05, 0.1) is 9.82 Å². The molecule has 1 rings (SSSR count). The van der Waals surface area contributed by atoms with E-state index in [1.807, 2.05) is 6.92 Å². The number of nitrogens with one attached hydrogen (secondary N) is 1. The van der Waals surface area contributed by atoms with E-state index in [-0.39, 0.29) is 11.4 Å². The van der Waals surface area contributed by atoms with Gasteiger partial charge in [-0.25, -0.2) is 0 Å². The van der Waals surface area contributed by atoms with Crippen LogP contribution in [0.3, 0.4) is 0 Å². The van der Waals surface area contributed by atoms with Crippen LogP contribution in [0.15, 0.2) is 29.2 Å². The summed E-state index contributed by atoms with van der Waals surface area (Å²) in [6.45, 7) is 2.35. The van der Waals surface area contributed by atoms with Crippen molar-refractivity contribution in [2.75, 3.05) is 12.3 Å². The summed E-state index contributed by atoms with van der Waals surface area (Å²) in [6, 6.07) is 5.60. The molecule has 98 valence electrons. The number of carboxylic acids is 1. The van der Waals surface area contributed by atoms with E-state index in [9.17, 15) is 14.9 Å². The molecule has 0 radical (unpaired) electrons. The molecule has 0 aliphatic heterocycles. The first-order valence-corrected chi connectivity index (χ1v) is 6.37. The van der Waals surface area contributed by atoms with Crippen molar-refractivity contribution >= 4 is 23.4 Å². The second-order valence-electron chi connectivity index (χ2n) is 3.48. The van der Waals surface area contributed by atoms with E-state index in [0.29, 0.717) is 11.4 Å². The highest BCUT2D eigenvalue weighted by molar-refractivity contribution is 7.99. The number of nitro groups is 1.